The van der Waals surface area contributed by atoms with Crippen LogP contribution in [0.1, 0.15) is 49.7 Å². The van der Waals surface area contributed by atoms with Crippen LogP contribution < -0.4 is 10.2 Å². The molecule has 1 unspecified atom stereocenters. The van der Waals surface area contributed by atoms with Crippen molar-refractivity contribution < 1.29 is 13.6 Å². The first-order valence-corrected chi connectivity index (χ1v) is 13.2. The van der Waals surface area contributed by atoms with Crippen LogP contribution in [0.2, 0.25) is 0 Å². The van der Waals surface area contributed by atoms with E-state index >= 15 is 0 Å². The van der Waals surface area contributed by atoms with Gasteiger partial charge in [-0.25, -0.2) is 9.00 Å². The van der Waals surface area contributed by atoms with Crippen molar-refractivity contribution in [2.24, 2.45) is 5.92 Å². The first-order chi connectivity index (χ1) is 15.9. The van der Waals surface area contributed by atoms with E-state index < -0.39 is 11.1 Å². The SMILES string of the molecule is CNC1(c2ccccc2)CCC2(CC1)CN(c1ccc(CS(=O)O)cc1)C(=O)N2CC1CC1. The molecule has 7 heteroatoms. The van der Waals surface area contributed by atoms with Gasteiger partial charge in [0.15, 0.2) is 11.1 Å². The van der Waals surface area contributed by atoms with Crippen molar-refractivity contribution in [3.05, 3.63) is 65.7 Å². The van der Waals surface area contributed by atoms with E-state index in [1.54, 1.807) is 0 Å². The summed E-state index contributed by atoms with van der Waals surface area (Å²) in [7, 11) is 2.06. The van der Waals surface area contributed by atoms with Crippen molar-refractivity contribution in [3.8, 4) is 0 Å². The summed E-state index contributed by atoms with van der Waals surface area (Å²) in [6.07, 6.45) is 6.38. The fraction of sp³-hybridized carbons (Fsp3) is 0.500. The zero-order valence-corrected chi connectivity index (χ0v) is 20.0. The van der Waals surface area contributed by atoms with Gasteiger partial charge in [0.2, 0.25) is 0 Å². The van der Waals surface area contributed by atoms with Gasteiger partial charge in [0.05, 0.1) is 17.8 Å². The van der Waals surface area contributed by atoms with Gasteiger partial charge in [-0.3, -0.25) is 4.90 Å². The number of anilines is 1. The molecular weight excluding hydrogens is 434 g/mol. The Hall–Kier alpha value is -2.22. The number of nitrogens with zero attached hydrogens (tertiary/aromatic N) is 2. The zero-order valence-electron chi connectivity index (χ0n) is 19.2. The molecular formula is C26H33N3O3S. The van der Waals surface area contributed by atoms with Crippen LogP contribution in [0.25, 0.3) is 0 Å². The molecule has 1 atom stereocenters. The second-order valence-corrected chi connectivity index (χ2v) is 10.9. The Morgan fingerprint density at radius 2 is 1.70 bits per heavy atom. The summed E-state index contributed by atoms with van der Waals surface area (Å²) in [6, 6.07) is 18.3. The number of hydrogen-bond donors (Lipinski definition) is 2. The fourth-order valence-corrected chi connectivity index (χ4v) is 6.23. The van der Waals surface area contributed by atoms with Crippen molar-refractivity contribution in [3.63, 3.8) is 0 Å². The first-order valence-electron chi connectivity index (χ1n) is 11.9. The average molecular weight is 468 g/mol. The molecule has 0 radical (unpaired) electrons. The summed E-state index contributed by atoms with van der Waals surface area (Å²) < 4.78 is 20.3. The lowest BCUT2D eigenvalue weighted by atomic mass is 9.69. The van der Waals surface area contributed by atoms with Gasteiger partial charge in [-0.15, -0.1) is 0 Å². The Balaban J connectivity index is 1.39. The van der Waals surface area contributed by atoms with Gasteiger partial charge in [-0.2, -0.15) is 0 Å². The van der Waals surface area contributed by atoms with Crippen molar-refractivity contribution >= 4 is 22.8 Å². The van der Waals surface area contributed by atoms with Gasteiger partial charge < -0.3 is 14.8 Å². The van der Waals surface area contributed by atoms with Gasteiger partial charge in [-0.1, -0.05) is 42.5 Å². The number of amides is 2. The van der Waals surface area contributed by atoms with E-state index in [0.717, 1.165) is 43.5 Å². The molecule has 2 N–H and O–H groups in total. The molecule has 2 amide bonds. The highest BCUT2D eigenvalue weighted by Crippen LogP contribution is 2.48. The Labute approximate surface area is 198 Å². The number of benzene rings is 2. The summed E-state index contributed by atoms with van der Waals surface area (Å²) in [5.41, 5.74) is 2.82. The molecule has 6 nitrogen and oxygen atoms in total. The minimum absolute atomic E-state index is 0.0458. The first kappa shape index (κ1) is 22.6. The maximum Gasteiger partial charge on any atom is 0.325 e. The largest absolute Gasteiger partial charge is 0.325 e. The van der Waals surface area contributed by atoms with E-state index in [2.05, 4.69) is 47.6 Å². The predicted molar refractivity (Wildman–Crippen MR) is 131 cm³/mol. The van der Waals surface area contributed by atoms with Crippen molar-refractivity contribution in [1.29, 1.82) is 0 Å². The van der Waals surface area contributed by atoms with Crippen LogP contribution in [0, 0.1) is 5.92 Å². The topological polar surface area (TPSA) is 72.9 Å². The second-order valence-electron chi connectivity index (χ2n) is 9.98. The third-order valence-corrected chi connectivity index (χ3v) is 8.58. The molecule has 1 spiro atoms. The molecule has 1 aliphatic heterocycles. The van der Waals surface area contributed by atoms with Crippen LogP contribution in [0.3, 0.4) is 0 Å². The average Bonchev–Trinajstić information content (AvgIpc) is 3.62. The Morgan fingerprint density at radius 3 is 2.27 bits per heavy atom. The van der Waals surface area contributed by atoms with Crippen molar-refractivity contribution in [2.45, 2.75) is 55.4 Å². The van der Waals surface area contributed by atoms with Crippen LogP contribution in [0.5, 0.6) is 0 Å². The summed E-state index contributed by atoms with van der Waals surface area (Å²) in [5.74, 6) is 0.746. The van der Waals surface area contributed by atoms with Gasteiger partial charge in [0.25, 0.3) is 0 Å². The maximum atomic E-state index is 13.7. The highest BCUT2D eigenvalue weighted by Gasteiger charge is 2.54. The maximum absolute atomic E-state index is 13.7. The number of nitrogens with one attached hydrogen (secondary N) is 1. The van der Waals surface area contributed by atoms with Crippen LogP contribution >= 0.6 is 0 Å². The Bertz CT molecular complexity index is 1010. The molecule has 2 aromatic rings. The Kier molecular flexibility index (Phi) is 6.05. The number of carbonyl (C=O) groups excluding carboxylic acids is 1. The highest BCUT2D eigenvalue weighted by molar-refractivity contribution is 7.78. The third-order valence-electron chi connectivity index (χ3n) is 8.00. The van der Waals surface area contributed by atoms with E-state index in [0.29, 0.717) is 12.5 Å². The van der Waals surface area contributed by atoms with E-state index in [1.807, 2.05) is 29.2 Å². The number of carbonyl (C=O) groups is 1. The van der Waals surface area contributed by atoms with E-state index in [1.165, 1.54) is 18.4 Å². The van der Waals surface area contributed by atoms with Gasteiger partial charge in [0, 0.05) is 17.8 Å². The third kappa shape index (κ3) is 4.34. The molecule has 2 aliphatic carbocycles. The summed E-state index contributed by atoms with van der Waals surface area (Å²) in [4.78, 5) is 17.8. The van der Waals surface area contributed by atoms with Gasteiger partial charge in [0.1, 0.15) is 0 Å². The quantitative estimate of drug-likeness (QED) is 0.589. The minimum atomic E-state index is -1.87. The van der Waals surface area contributed by atoms with Crippen LogP contribution in [-0.4, -0.2) is 45.4 Å². The molecule has 3 fully saturated rings. The van der Waals surface area contributed by atoms with Crippen molar-refractivity contribution in [2.75, 3.05) is 25.0 Å². The Morgan fingerprint density at radius 1 is 1.03 bits per heavy atom. The molecule has 0 bridgehead atoms. The molecule has 33 heavy (non-hydrogen) atoms. The molecule has 5 rings (SSSR count). The normalized spacial score (nSPS) is 28.5. The number of hydrogen-bond acceptors (Lipinski definition) is 3. The molecule has 2 aromatic carbocycles. The van der Waals surface area contributed by atoms with Gasteiger partial charge >= 0.3 is 6.03 Å². The molecule has 3 aliphatic rings. The second kappa shape index (κ2) is 8.85. The molecule has 2 saturated carbocycles. The van der Waals surface area contributed by atoms with E-state index in [-0.39, 0.29) is 22.9 Å². The van der Waals surface area contributed by atoms with Crippen LogP contribution in [0.4, 0.5) is 10.5 Å². The number of rotatable bonds is 7. The lowest BCUT2D eigenvalue weighted by Gasteiger charge is -2.48. The van der Waals surface area contributed by atoms with Crippen LogP contribution in [0.15, 0.2) is 54.6 Å². The summed E-state index contributed by atoms with van der Waals surface area (Å²) in [5, 5.41) is 3.62. The molecule has 1 saturated heterocycles. The predicted octanol–water partition coefficient (Wildman–Crippen LogP) is 4.49. The lowest BCUT2D eigenvalue weighted by molar-refractivity contribution is 0.0762. The molecule has 1 heterocycles. The van der Waals surface area contributed by atoms with Crippen LogP contribution in [-0.2, 0) is 22.4 Å². The standard InChI is InChI=1S/C26H33N3O3S/c1-27-26(22-5-3-2-4-6-22)15-13-25(14-16-26)19-28(24(30)29(25)17-20-7-8-20)23-11-9-21(10-12-23)18-33(31)32/h2-6,9-12,20,27H,7-8,13-19H2,1H3,(H,31,32). The fourth-order valence-electron chi connectivity index (χ4n) is 5.75. The monoisotopic (exact) mass is 467 g/mol. The zero-order chi connectivity index (χ0) is 23.1. The van der Waals surface area contributed by atoms with Crippen molar-refractivity contribution in [1.82, 2.24) is 10.2 Å². The molecule has 0 aromatic heterocycles. The summed E-state index contributed by atoms with van der Waals surface area (Å²) in [6.45, 7) is 1.56. The van der Waals surface area contributed by atoms with Gasteiger partial charge in [-0.05, 0) is 74.8 Å². The molecule has 176 valence electrons. The lowest BCUT2D eigenvalue weighted by Crippen LogP contribution is -2.55. The van der Waals surface area contributed by atoms with E-state index in [9.17, 15) is 9.00 Å². The minimum Gasteiger partial charge on any atom is -0.317 e. The smallest absolute Gasteiger partial charge is 0.317 e. The number of urea groups is 1. The van der Waals surface area contributed by atoms with E-state index in [4.69, 9.17) is 4.55 Å². The highest BCUT2D eigenvalue weighted by atomic mass is 32.2. The summed E-state index contributed by atoms with van der Waals surface area (Å²) >= 11 is -1.87.